The number of pyridine rings is 1. The van der Waals surface area contributed by atoms with Gasteiger partial charge in [-0.15, -0.1) is 0 Å². The molecule has 3 nitrogen and oxygen atoms in total. The SMILES string of the molecule is CC(C)(C)Nc1cccnc1C(N)=S. The smallest absolute Gasteiger partial charge is 0.124 e. The Kier molecular flexibility index (Phi) is 3.06. The number of thiocarbonyl (C=S) groups is 1. The number of nitrogens with one attached hydrogen (secondary N) is 1. The fraction of sp³-hybridized carbons (Fsp3) is 0.400. The standard InChI is InChI=1S/C10H15N3S/c1-10(2,3)13-7-5-4-6-12-8(7)9(11)14/h4-6,13H,1-3H3,(H2,11,14). The minimum Gasteiger partial charge on any atom is -0.388 e. The van der Waals surface area contributed by atoms with Gasteiger partial charge < -0.3 is 11.1 Å². The summed E-state index contributed by atoms with van der Waals surface area (Å²) in [5.41, 5.74) is 7.07. The van der Waals surface area contributed by atoms with Crippen LogP contribution in [0.5, 0.6) is 0 Å². The number of aromatic nitrogens is 1. The first-order chi connectivity index (χ1) is 6.40. The monoisotopic (exact) mass is 209 g/mol. The molecule has 0 amide bonds. The zero-order valence-corrected chi connectivity index (χ0v) is 9.48. The van der Waals surface area contributed by atoms with Gasteiger partial charge in [0.25, 0.3) is 0 Å². The largest absolute Gasteiger partial charge is 0.388 e. The van der Waals surface area contributed by atoms with E-state index in [4.69, 9.17) is 18.0 Å². The van der Waals surface area contributed by atoms with Crippen molar-refractivity contribution < 1.29 is 0 Å². The molecule has 3 N–H and O–H groups in total. The number of nitrogens with two attached hydrogens (primary N) is 1. The Labute approximate surface area is 89.7 Å². The van der Waals surface area contributed by atoms with Crippen LogP contribution in [0.1, 0.15) is 26.5 Å². The van der Waals surface area contributed by atoms with Crippen LogP contribution in [0.25, 0.3) is 0 Å². The van der Waals surface area contributed by atoms with Gasteiger partial charge in [-0.1, -0.05) is 12.2 Å². The van der Waals surface area contributed by atoms with Crippen LogP contribution in [0.3, 0.4) is 0 Å². The Morgan fingerprint density at radius 2 is 2.14 bits per heavy atom. The van der Waals surface area contributed by atoms with Gasteiger partial charge in [0.2, 0.25) is 0 Å². The summed E-state index contributed by atoms with van der Waals surface area (Å²) >= 11 is 4.91. The first kappa shape index (κ1) is 10.9. The van der Waals surface area contributed by atoms with E-state index in [9.17, 15) is 0 Å². The molecule has 0 bridgehead atoms. The van der Waals surface area contributed by atoms with E-state index in [1.807, 2.05) is 12.1 Å². The summed E-state index contributed by atoms with van der Waals surface area (Å²) in [6, 6.07) is 3.78. The summed E-state index contributed by atoms with van der Waals surface area (Å²) in [4.78, 5) is 4.45. The summed E-state index contributed by atoms with van der Waals surface area (Å²) in [6.07, 6.45) is 1.68. The average Bonchev–Trinajstić information content (AvgIpc) is 2.01. The van der Waals surface area contributed by atoms with Crippen LogP contribution in [0, 0.1) is 0 Å². The third-order valence-electron chi connectivity index (χ3n) is 1.55. The zero-order valence-electron chi connectivity index (χ0n) is 8.66. The van der Waals surface area contributed by atoms with Gasteiger partial charge in [0.1, 0.15) is 10.7 Å². The zero-order chi connectivity index (χ0) is 10.8. The maximum Gasteiger partial charge on any atom is 0.124 e. The predicted octanol–water partition coefficient (Wildman–Crippen LogP) is 1.93. The van der Waals surface area contributed by atoms with E-state index in [0.29, 0.717) is 10.7 Å². The quantitative estimate of drug-likeness (QED) is 0.731. The Balaban J connectivity index is 3.02. The summed E-state index contributed by atoms with van der Waals surface area (Å²) in [5, 5.41) is 3.30. The molecule has 0 aromatic carbocycles. The van der Waals surface area contributed by atoms with E-state index < -0.39 is 0 Å². The fourth-order valence-corrected chi connectivity index (χ4v) is 1.27. The molecule has 1 aromatic rings. The molecule has 0 fully saturated rings. The fourth-order valence-electron chi connectivity index (χ4n) is 1.11. The van der Waals surface area contributed by atoms with Gasteiger partial charge in [0.15, 0.2) is 0 Å². The third kappa shape index (κ3) is 2.96. The second-order valence-corrected chi connectivity index (χ2v) is 4.58. The highest BCUT2D eigenvalue weighted by molar-refractivity contribution is 7.80. The lowest BCUT2D eigenvalue weighted by molar-refractivity contribution is 0.633. The third-order valence-corrected chi connectivity index (χ3v) is 1.74. The van der Waals surface area contributed by atoms with Gasteiger partial charge in [0, 0.05) is 11.7 Å². The normalized spacial score (nSPS) is 11.1. The number of hydrogen-bond donors (Lipinski definition) is 2. The van der Waals surface area contributed by atoms with Crippen LogP contribution < -0.4 is 11.1 Å². The van der Waals surface area contributed by atoms with E-state index in [0.717, 1.165) is 5.69 Å². The summed E-state index contributed by atoms with van der Waals surface area (Å²) in [7, 11) is 0. The molecular weight excluding hydrogens is 194 g/mol. The van der Waals surface area contributed by atoms with Crippen LogP contribution in [-0.4, -0.2) is 15.5 Å². The Morgan fingerprint density at radius 3 is 2.64 bits per heavy atom. The molecule has 0 aliphatic rings. The van der Waals surface area contributed by atoms with Crippen LogP contribution in [-0.2, 0) is 0 Å². The highest BCUT2D eigenvalue weighted by atomic mass is 32.1. The van der Waals surface area contributed by atoms with Crippen LogP contribution in [0.4, 0.5) is 5.69 Å². The van der Waals surface area contributed by atoms with Crippen molar-refractivity contribution in [1.82, 2.24) is 4.98 Å². The molecule has 0 radical (unpaired) electrons. The van der Waals surface area contributed by atoms with E-state index in [1.54, 1.807) is 6.20 Å². The number of hydrogen-bond acceptors (Lipinski definition) is 3. The highest BCUT2D eigenvalue weighted by Gasteiger charge is 2.13. The number of rotatable bonds is 2. The molecule has 1 aromatic heterocycles. The lowest BCUT2D eigenvalue weighted by Crippen LogP contribution is -2.28. The first-order valence-corrected chi connectivity index (χ1v) is 4.84. The van der Waals surface area contributed by atoms with Crippen molar-refractivity contribution in [3.8, 4) is 0 Å². The van der Waals surface area contributed by atoms with E-state index in [2.05, 4.69) is 31.1 Å². The summed E-state index contributed by atoms with van der Waals surface area (Å²) < 4.78 is 0. The van der Waals surface area contributed by atoms with Crippen molar-refractivity contribution in [3.63, 3.8) is 0 Å². The molecule has 0 saturated carbocycles. The molecule has 1 heterocycles. The van der Waals surface area contributed by atoms with Crippen molar-refractivity contribution in [2.45, 2.75) is 26.3 Å². The topological polar surface area (TPSA) is 50.9 Å². The minimum atomic E-state index is -0.0252. The molecule has 0 spiro atoms. The predicted molar refractivity (Wildman–Crippen MR) is 63.5 cm³/mol. The molecule has 0 aliphatic carbocycles. The molecule has 14 heavy (non-hydrogen) atoms. The minimum absolute atomic E-state index is 0.0252. The van der Waals surface area contributed by atoms with Gasteiger partial charge in [-0.3, -0.25) is 4.98 Å². The molecule has 76 valence electrons. The Bertz CT molecular complexity index is 341. The molecule has 0 saturated heterocycles. The van der Waals surface area contributed by atoms with Crippen molar-refractivity contribution in [3.05, 3.63) is 24.0 Å². The van der Waals surface area contributed by atoms with Crippen molar-refractivity contribution in [2.75, 3.05) is 5.32 Å². The van der Waals surface area contributed by atoms with Gasteiger partial charge in [-0.2, -0.15) is 0 Å². The van der Waals surface area contributed by atoms with Crippen LogP contribution >= 0.6 is 12.2 Å². The van der Waals surface area contributed by atoms with E-state index in [1.165, 1.54) is 0 Å². The van der Waals surface area contributed by atoms with E-state index >= 15 is 0 Å². The Hall–Kier alpha value is -1.16. The maximum atomic E-state index is 5.56. The lowest BCUT2D eigenvalue weighted by atomic mass is 10.1. The maximum absolute atomic E-state index is 5.56. The second-order valence-electron chi connectivity index (χ2n) is 4.14. The summed E-state index contributed by atoms with van der Waals surface area (Å²) in [6.45, 7) is 6.22. The van der Waals surface area contributed by atoms with Crippen molar-refractivity contribution in [1.29, 1.82) is 0 Å². The molecule has 0 unspecified atom stereocenters. The van der Waals surface area contributed by atoms with Gasteiger partial charge in [-0.25, -0.2) is 0 Å². The number of anilines is 1. The molecule has 4 heteroatoms. The highest BCUT2D eigenvalue weighted by Crippen LogP contribution is 2.17. The van der Waals surface area contributed by atoms with Gasteiger partial charge >= 0.3 is 0 Å². The lowest BCUT2D eigenvalue weighted by Gasteiger charge is -2.23. The molecular formula is C10H15N3S. The molecule has 1 rings (SSSR count). The molecule has 0 aliphatic heterocycles. The van der Waals surface area contributed by atoms with Crippen LogP contribution in [0.15, 0.2) is 18.3 Å². The van der Waals surface area contributed by atoms with Crippen molar-refractivity contribution >= 4 is 22.9 Å². The van der Waals surface area contributed by atoms with E-state index in [-0.39, 0.29) is 5.54 Å². The summed E-state index contributed by atoms with van der Waals surface area (Å²) in [5.74, 6) is 0. The first-order valence-electron chi connectivity index (χ1n) is 4.43. The number of nitrogens with zero attached hydrogens (tertiary/aromatic N) is 1. The average molecular weight is 209 g/mol. The second kappa shape index (κ2) is 3.92. The van der Waals surface area contributed by atoms with Crippen LogP contribution in [0.2, 0.25) is 0 Å². The van der Waals surface area contributed by atoms with Gasteiger partial charge in [-0.05, 0) is 32.9 Å². The molecule has 0 atom stereocenters. The Morgan fingerprint density at radius 1 is 1.50 bits per heavy atom. The van der Waals surface area contributed by atoms with Crippen molar-refractivity contribution in [2.24, 2.45) is 5.73 Å². The van der Waals surface area contributed by atoms with Gasteiger partial charge in [0.05, 0.1) is 5.69 Å².